The van der Waals surface area contributed by atoms with Crippen molar-refractivity contribution in [3.8, 4) is 0 Å². The Kier molecular flexibility index (Phi) is 16.6. The summed E-state index contributed by atoms with van der Waals surface area (Å²) in [5.74, 6) is 0. The van der Waals surface area contributed by atoms with Crippen molar-refractivity contribution in [2.75, 3.05) is 0 Å². The summed E-state index contributed by atoms with van der Waals surface area (Å²) >= 11 is 0. The molecule has 5 aromatic heterocycles. The Morgan fingerprint density at radius 1 is 0.167 bits per heavy atom. The molecule has 5 heterocycles. The van der Waals surface area contributed by atoms with Gasteiger partial charge in [-0.2, -0.15) is 0 Å². The maximum absolute atomic E-state index is 3.78. The van der Waals surface area contributed by atoms with Gasteiger partial charge in [-0.15, -0.1) is 0 Å². The molecule has 0 aliphatic heterocycles. The van der Waals surface area contributed by atoms with Crippen LogP contribution in [-0.2, 0) is 0 Å². The predicted octanol–water partition coefficient (Wildman–Crippen LogP) is 4.80. The van der Waals surface area contributed by atoms with Gasteiger partial charge in [-0.3, -0.25) is 29.9 Å². The van der Waals surface area contributed by atoms with Gasteiger partial charge in [-0.1, -0.05) is 24.3 Å². The molecule has 150 valence electrons. The summed E-state index contributed by atoms with van der Waals surface area (Å²) in [6.07, 6.45) is 20.6. The number of rotatable bonds is 0. The van der Waals surface area contributed by atoms with Crippen LogP contribution < -0.4 is 0 Å². The molecule has 0 unspecified atom stereocenters. The second kappa shape index (κ2) is 21.0. The Morgan fingerprint density at radius 3 is 0.400 bits per heavy atom. The van der Waals surface area contributed by atoms with Crippen LogP contribution in [0.25, 0.3) is 0 Å². The first-order valence-electron chi connectivity index (χ1n) is 9.10. The van der Waals surface area contributed by atoms with Crippen molar-refractivity contribution in [1.29, 1.82) is 0 Å². The van der Waals surface area contributed by atoms with Crippen molar-refractivity contribution in [2.24, 2.45) is 0 Å². The summed E-state index contributed by atoms with van der Waals surface area (Å²) in [5.41, 5.74) is 0. The highest BCUT2D eigenvalue weighted by Gasteiger charge is 1.61. The molecule has 0 aromatic carbocycles. The molecule has 0 bridgehead atoms. The zero-order valence-electron chi connectivity index (χ0n) is 16.5. The van der Waals surface area contributed by atoms with Crippen molar-refractivity contribution in [3.05, 3.63) is 147 Å². The molecule has 5 aromatic rings. The fourth-order valence-corrected chi connectivity index (χ4v) is 1.50. The van der Waals surface area contributed by atoms with Crippen LogP contribution in [0, 0.1) is 0 Å². The third-order valence-corrected chi connectivity index (χ3v) is 2.74. The fraction of sp³-hybridized carbons (Fsp3) is 0. The molecule has 0 aliphatic carbocycles. The molecule has 5 rings (SSSR count). The highest BCUT2D eigenvalue weighted by Crippen LogP contribution is 1.75. The first-order valence-corrected chi connectivity index (χ1v) is 9.10. The topological polar surface area (TPSA) is 77.3 Å². The van der Waals surface area contributed by atoms with Crippen molar-refractivity contribution < 1.29 is 0 Å². The van der Waals surface area contributed by atoms with Gasteiger partial charge >= 0.3 is 0 Å². The normalized spacial score (nSPS) is 8.00. The lowest BCUT2D eigenvalue weighted by Gasteiger charge is -1.70. The van der Waals surface area contributed by atoms with Crippen molar-refractivity contribution >= 4 is 0 Å². The average Bonchev–Trinajstić information content (AvgIpc) is 2.91. The van der Waals surface area contributed by atoms with Gasteiger partial charge in [0.15, 0.2) is 0 Å². The molecule has 0 radical (unpaired) electrons. The molecule has 30 heavy (non-hydrogen) atoms. The molecule has 0 atom stereocenters. The van der Waals surface area contributed by atoms with Gasteiger partial charge in [0.2, 0.25) is 0 Å². The van der Waals surface area contributed by atoms with E-state index in [1.54, 1.807) is 74.4 Å². The van der Waals surface area contributed by atoms with Crippen molar-refractivity contribution in [2.45, 2.75) is 0 Å². The van der Waals surface area contributed by atoms with E-state index in [9.17, 15) is 0 Å². The Hall–Kier alpha value is -4.32. The molecule has 0 amide bonds. The number of hydrogen-bond donors (Lipinski definition) is 0. The summed E-state index contributed by atoms with van der Waals surface area (Å²) in [7, 11) is 0. The molecular weight excluding hydrogens is 372 g/mol. The van der Waals surface area contributed by atoms with Crippen molar-refractivity contribution in [3.63, 3.8) is 0 Å². The second-order valence-corrected chi connectivity index (χ2v) is 4.99. The Bertz CT molecular complexity index is 564. The lowest BCUT2D eigenvalue weighted by Crippen LogP contribution is -1.66. The summed E-state index contributed by atoms with van der Waals surface area (Å²) in [6, 6.07) is 22.9. The molecule has 0 N–H and O–H groups in total. The fourth-order valence-electron chi connectivity index (χ4n) is 1.50. The Balaban J connectivity index is 0.000000187. The SMILES string of the molecule is c1ccncc1.c1ccncc1.c1ccncc1.c1ccncc1.c1cnccn1. The maximum Gasteiger partial charge on any atom is 0.0451 e. The van der Waals surface area contributed by atoms with E-state index in [2.05, 4.69) is 29.9 Å². The third kappa shape index (κ3) is 18.5. The zero-order valence-corrected chi connectivity index (χ0v) is 16.5. The molecule has 6 nitrogen and oxygen atoms in total. The smallest absolute Gasteiger partial charge is 0.0451 e. The second-order valence-electron chi connectivity index (χ2n) is 4.99. The predicted molar refractivity (Wildman–Crippen MR) is 119 cm³/mol. The van der Waals surface area contributed by atoms with Crippen molar-refractivity contribution in [1.82, 2.24) is 29.9 Å². The minimum Gasteiger partial charge on any atom is -0.265 e. The van der Waals surface area contributed by atoms with E-state index < -0.39 is 0 Å². The van der Waals surface area contributed by atoms with E-state index >= 15 is 0 Å². The molecule has 0 saturated heterocycles. The van der Waals surface area contributed by atoms with Gasteiger partial charge < -0.3 is 0 Å². The van der Waals surface area contributed by atoms with E-state index in [0.717, 1.165) is 0 Å². The standard InChI is InChI=1S/4C5H5N.C4H4N2/c4*1-2-4-6-5-3-1;1-2-6-4-3-5-1/h4*1-5H;1-4H. The van der Waals surface area contributed by atoms with Crippen LogP contribution in [-0.4, -0.2) is 29.9 Å². The quantitative estimate of drug-likeness (QED) is 0.374. The van der Waals surface area contributed by atoms with Gasteiger partial charge in [0.05, 0.1) is 0 Å². The summed E-state index contributed by atoms with van der Waals surface area (Å²) < 4.78 is 0. The maximum atomic E-state index is 3.78. The first-order chi connectivity index (χ1) is 15.0. The van der Waals surface area contributed by atoms with Gasteiger partial charge in [0, 0.05) is 74.4 Å². The molecular formula is C24H24N6. The van der Waals surface area contributed by atoms with Gasteiger partial charge in [0.25, 0.3) is 0 Å². The lowest BCUT2D eigenvalue weighted by atomic mass is 10.5. The monoisotopic (exact) mass is 396 g/mol. The van der Waals surface area contributed by atoms with E-state index in [-0.39, 0.29) is 0 Å². The molecule has 0 spiro atoms. The van der Waals surface area contributed by atoms with E-state index in [0.29, 0.717) is 0 Å². The van der Waals surface area contributed by atoms with E-state index in [1.165, 1.54) is 0 Å². The third-order valence-electron chi connectivity index (χ3n) is 2.74. The number of nitrogens with zero attached hydrogens (tertiary/aromatic N) is 6. The van der Waals surface area contributed by atoms with Gasteiger partial charge in [-0.05, 0) is 48.5 Å². The van der Waals surface area contributed by atoms with Crippen LogP contribution in [0.4, 0.5) is 0 Å². The van der Waals surface area contributed by atoms with Gasteiger partial charge in [0.1, 0.15) is 0 Å². The van der Waals surface area contributed by atoms with Crippen LogP contribution in [0.1, 0.15) is 0 Å². The summed E-state index contributed by atoms with van der Waals surface area (Å²) in [5, 5.41) is 0. The number of hydrogen-bond acceptors (Lipinski definition) is 6. The first kappa shape index (κ1) is 23.7. The minimum atomic E-state index is 1.64. The van der Waals surface area contributed by atoms with Crippen LogP contribution in [0.15, 0.2) is 147 Å². The highest BCUT2D eigenvalue weighted by atomic mass is 14.7. The van der Waals surface area contributed by atoms with Crippen LogP contribution in [0.2, 0.25) is 0 Å². The average molecular weight is 396 g/mol. The molecule has 0 saturated carbocycles. The number of pyridine rings is 4. The lowest BCUT2D eigenvalue weighted by molar-refractivity contribution is 1.20. The van der Waals surface area contributed by atoms with Crippen LogP contribution >= 0.6 is 0 Å². The molecule has 0 aliphatic rings. The molecule has 0 fully saturated rings. The van der Waals surface area contributed by atoms with Crippen LogP contribution in [0.5, 0.6) is 0 Å². The Morgan fingerprint density at radius 2 is 0.333 bits per heavy atom. The van der Waals surface area contributed by atoms with E-state index in [1.807, 2.05) is 72.8 Å². The molecule has 6 heteroatoms. The largest absolute Gasteiger partial charge is 0.265 e. The Labute approximate surface area is 177 Å². The van der Waals surface area contributed by atoms with Gasteiger partial charge in [-0.25, -0.2) is 0 Å². The van der Waals surface area contributed by atoms with E-state index in [4.69, 9.17) is 0 Å². The zero-order chi connectivity index (χ0) is 21.2. The summed E-state index contributed by atoms with van der Waals surface area (Å²) in [4.78, 5) is 22.6. The van der Waals surface area contributed by atoms with Crippen LogP contribution in [0.3, 0.4) is 0 Å². The number of aromatic nitrogens is 6. The summed E-state index contributed by atoms with van der Waals surface area (Å²) in [6.45, 7) is 0. The highest BCUT2D eigenvalue weighted by molar-refractivity contribution is 4.90. The minimum absolute atomic E-state index is 1.64.